The van der Waals surface area contributed by atoms with Crippen molar-refractivity contribution in [2.75, 3.05) is 13.2 Å². The standard InChI is InChI=1S/C14H28N2O2/c1-7-18-14(5,6)9-16-11(4)15-12(13(16)17)8-10(2)3/h10-12,15H,7-9H2,1-6H3. The fraction of sp³-hybridized carbons (Fsp3) is 0.929. The maximum absolute atomic E-state index is 12.3. The third-order valence-electron chi connectivity index (χ3n) is 3.28. The Morgan fingerprint density at radius 2 is 2.06 bits per heavy atom. The Balaban J connectivity index is 2.64. The summed E-state index contributed by atoms with van der Waals surface area (Å²) in [5, 5.41) is 3.37. The van der Waals surface area contributed by atoms with Gasteiger partial charge in [-0.25, -0.2) is 0 Å². The Labute approximate surface area is 111 Å². The normalized spacial score (nSPS) is 25.3. The molecule has 0 saturated carbocycles. The van der Waals surface area contributed by atoms with Gasteiger partial charge < -0.3 is 9.64 Å². The monoisotopic (exact) mass is 256 g/mol. The first kappa shape index (κ1) is 15.4. The zero-order chi connectivity index (χ0) is 13.9. The second kappa shape index (κ2) is 6.02. The van der Waals surface area contributed by atoms with Gasteiger partial charge in [-0.2, -0.15) is 0 Å². The maximum Gasteiger partial charge on any atom is 0.241 e. The summed E-state index contributed by atoms with van der Waals surface area (Å²) in [5.41, 5.74) is -0.285. The van der Waals surface area contributed by atoms with Crippen LogP contribution in [0.25, 0.3) is 0 Å². The zero-order valence-electron chi connectivity index (χ0n) is 12.6. The van der Waals surface area contributed by atoms with E-state index in [0.717, 1.165) is 6.42 Å². The predicted octanol–water partition coefficient (Wildman–Crippen LogP) is 1.99. The lowest BCUT2D eigenvalue weighted by atomic mass is 10.0. The third kappa shape index (κ3) is 3.95. The first-order valence-corrected chi connectivity index (χ1v) is 6.97. The van der Waals surface area contributed by atoms with E-state index in [2.05, 4.69) is 19.2 Å². The molecule has 1 aliphatic heterocycles. The minimum Gasteiger partial charge on any atom is -0.374 e. The minimum atomic E-state index is -0.285. The number of amides is 1. The molecule has 1 saturated heterocycles. The van der Waals surface area contributed by atoms with Gasteiger partial charge in [0.1, 0.15) is 0 Å². The summed E-state index contributed by atoms with van der Waals surface area (Å²) in [4.78, 5) is 14.2. The van der Waals surface area contributed by atoms with E-state index in [9.17, 15) is 4.79 Å². The van der Waals surface area contributed by atoms with Crippen molar-refractivity contribution in [3.63, 3.8) is 0 Å². The molecule has 0 aromatic rings. The topological polar surface area (TPSA) is 41.6 Å². The Morgan fingerprint density at radius 1 is 1.44 bits per heavy atom. The fourth-order valence-electron chi connectivity index (χ4n) is 2.55. The van der Waals surface area contributed by atoms with Crippen molar-refractivity contribution in [1.82, 2.24) is 10.2 Å². The molecule has 0 radical (unpaired) electrons. The summed E-state index contributed by atoms with van der Waals surface area (Å²) < 4.78 is 5.68. The van der Waals surface area contributed by atoms with Gasteiger partial charge in [-0.1, -0.05) is 13.8 Å². The van der Waals surface area contributed by atoms with Gasteiger partial charge in [-0.3, -0.25) is 10.1 Å². The minimum absolute atomic E-state index is 0.0302. The number of ether oxygens (including phenoxy) is 1. The van der Waals surface area contributed by atoms with Crippen LogP contribution in [0.5, 0.6) is 0 Å². The molecular formula is C14H28N2O2. The maximum atomic E-state index is 12.3. The molecule has 106 valence electrons. The first-order chi connectivity index (χ1) is 8.26. The van der Waals surface area contributed by atoms with E-state index in [4.69, 9.17) is 4.74 Å². The summed E-state index contributed by atoms with van der Waals surface area (Å²) in [6, 6.07) is -0.0302. The van der Waals surface area contributed by atoms with E-state index in [1.54, 1.807) is 0 Å². The molecule has 1 aliphatic rings. The smallest absolute Gasteiger partial charge is 0.241 e. The molecule has 1 heterocycles. The zero-order valence-corrected chi connectivity index (χ0v) is 12.6. The highest BCUT2D eigenvalue weighted by atomic mass is 16.5. The van der Waals surface area contributed by atoms with E-state index < -0.39 is 0 Å². The van der Waals surface area contributed by atoms with Crippen LogP contribution in [-0.2, 0) is 9.53 Å². The molecule has 2 atom stereocenters. The van der Waals surface area contributed by atoms with Crippen LogP contribution in [0, 0.1) is 5.92 Å². The lowest BCUT2D eigenvalue weighted by molar-refractivity contribution is -0.134. The highest BCUT2D eigenvalue weighted by Crippen LogP contribution is 2.21. The van der Waals surface area contributed by atoms with E-state index in [1.807, 2.05) is 32.6 Å². The van der Waals surface area contributed by atoms with Crippen molar-refractivity contribution in [1.29, 1.82) is 0 Å². The van der Waals surface area contributed by atoms with Crippen LogP contribution in [0.15, 0.2) is 0 Å². The van der Waals surface area contributed by atoms with Crippen LogP contribution < -0.4 is 5.32 Å². The van der Waals surface area contributed by atoms with Crippen molar-refractivity contribution in [2.24, 2.45) is 5.92 Å². The van der Waals surface area contributed by atoms with Crippen molar-refractivity contribution < 1.29 is 9.53 Å². The van der Waals surface area contributed by atoms with Gasteiger partial charge in [0.2, 0.25) is 5.91 Å². The number of rotatable bonds is 6. The molecule has 0 aliphatic carbocycles. The number of hydrogen-bond donors (Lipinski definition) is 1. The van der Waals surface area contributed by atoms with Gasteiger partial charge in [0, 0.05) is 6.61 Å². The van der Waals surface area contributed by atoms with Crippen molar-refractivity contribution in [2.45, 2.75) is 65.8 Å². The molecule has 1 N–H and O–H groups in total. The second-order valence-corrected chi connectivity index (χ2v) is 6.18. The van der Waals surface area contributed by atoms with E-state index in [1.165, 1.54) is 0 Å². The highest BCUT2D eigenvalue weighted by Gasteiger charge is 2.39. The first-order valence-electron chi connectivity index (χ1n) is 6.97. The molecule has 0 spiro atoms. The Hall–Kier alpha value is -0.610. The van der Waals surface area contributed by atoms with Gasteiger partial charge >= 0.3 is 0 Å². The Morgan fingerprint density at radius 3 is 2.56 bits per heavy atom. The van der Waals surface area contributed by atoms with Gasteiger partial charge in [0.25, 0.3) is 0 Å². The predicted molar refractivity (Wildman–Crippen MR) is 73.3 cm³/mol. The van der Waals surface area contributed by atoms with Crippen LogP contribution in [-0.4, -0.2) is 41.8 Å². The van der Waals surface area contributed by atoms with Crippen molar-refractivity contribution in [3.8, 4) is 0 Å². The molecule has 2 unspecified atom stereocenters. The van der Waals surface area contributed by atoms with Crippen molar-refractivity contribution in [3.05, 3.63) is 0 Å². The number of nitrogens with one attached hydrogen (secondary N) is 1. The largest absolute Gasteiger partial charge is 0.374 e. The van der Waals surface area contributed by atoms with Crippen LogP contribution in [0.4, 0.5) is 0 Å². The average Bonchev–Trinajstić information content (AvgIpc) is 2.44. The second-order valence-electron chi connectivity index (χ2n) is 6.18. The summed E-state index contributed by atoms with van der Waals surface area (Å²) in [6.45, 7) is 13.7. The van der Waals surface area contributed by atoms with Crippen LogP contribution in [0.1, 0.15) is 48.0 Å². The van der Waals surface area contributed by atoms with Crippen LogP contribution in [0.3, 0.4) is 0 Å². The van der Waals surface area contributed by atoms with Crippen molar-refractivity contribution >= 4 is 5.91 Å². The lowest BCUT2D eigenvalue weighted by Gasteiger charge is -2.32. The van der Waals surface area contributed by atoms with Gasteiger partial charge in [0.05, 0.1) is 24.4 Å². The van der Waals surface area contributed by atoms with Crippen LogP contribution in [0.2, 0.25) is 0 Å². The third-order valence-corrected chi connectivity index (χ3v) is 3.28. The van der Waals surface area contributed by atoms with E-state index in [0.29, 0.717) is 19.1 Å². The average molecular weight is 256 g/mol. The van der Waals surface area contributed by atoms with Gasteiger partial charge in [0.15, 0.2) is 0 Å². The summed E-state index contributed by atoms with van der Waals surface area (Å²) in [7, 11) is 0. The molecule has 1 rings (SSSR count). The number of carbonyl (C=O) groups is 1. The molecule has 4 heteroatoms. The quantitative estimate of drug-likeness (QED) is 0.790. The number of nitrogens with zero attached hydrogens (tertiary/aromatic N) is 1. The SMILES string of the molecule is CCOC(C)(C)CN1C(=O)C(CC(C)C)NC1C. The summed E-state index contributed by atoms with van der Waals surface area (Å²) in [6.07, 6.45) is 0.996. The molecule has 1 amide bonds. The molecule has 0 bridgehead atoms. The number of hydrogen-bond acceptors (Lipinski definition) is 3. The summed E-state index contributed by atoms with van der Waals surface area (Å²) in [5.74, 6) is 0.738. The fourth-order valence-corrected chi connectivity index (χ4v) is 2.55. The van der Waals surface area contributed by atoms with Gasteiger partial charge in [-0.05, 0) is 40.0 Å². The Bertz CT molecular complexity index is 290. The number of carbonyl (C=O) groups excluding carboxylic acids is 1. The summed E-state index contributed by atoms with van der Waals surface area (Å²) >= 11 is 0. The lowest BCUT2D eigenvalue weighted by Crippen LogP contribution is -2.45. The van der Waals surface area contributed by atoms with E-state index >= 15 is 0 Å². The Kier molecular flexibility index (Phi) is 5.17. The van der Waals surface area contributed by atoms with E-state index in [-0.39, 0.29) is 23.7 Å². The molecule has 0 aromatic carbocycles. The molecular weight excluding hydrogens is 228 g/mol. The molecule has 18 heavy (non-hydrogen) atoms. The van der Waals surface area contributed by atoms with Gasteiger partial charge in [-0.15, -0.1) is 0 Å². The highest BCUT2D eigenvalue weighted by molar-refractivity contribution is 5.84. The van der Waals surface area contributed by atoms with Crippen LogP contribution >= 0.6 is 0 Å². The molecule has 1 fully saturated rings. The molecule has 4 nitrogen and oxygen atoms in total. The molecule has 0 aromatic heterocycles.